The van der Waals surface area contributed by atoms with Gasteiger partial charge in [-0.15, -0.1) is 0 Å². The Morgan fingerprint density at radius 3 is 2.43 bits per heavy atom. The van der Waals surface area contributed by atoms with Crippen molar-refractivity contribution >= 4 is 23.4 Å². The molecule has 0 bridgehead atoms. The molecule has 2 aliphatic rings. The van der Waals surface area contributed by atoms with Crippen LogP contribution in [0.1, 0.15) is 56.9 Å². The van der Waals surface area contributed by atoms with Crippen LogP contribution >= 0.6 is 12.2 Å². The molecular formula is C34H41N3O4S. The molecular weight excluding hydrogens is 546 g/mol. The molecule has 1 saturated carbocycles. The number of hydrogen-bond acceptors (Lipinski definition) is 6. The third kappa shape index (κ3) is 8.15. The molecule has 1 saturated heterocycles. The number of imidazole rings is 1. The molecule has 42 heavy (non-hydrogen) atoms. The molecule has 1 N–H and O–H groups in total. The molecule has 5 rings (SSSR count). The predicted molar refractivity (Wildman–Crippen MR) is 168 cm³/mol. The first-order valence-electron chi connectivity index (χ1n) is 15.1. The fraction of sp³-hybridized carbons (Fsp3) is 0.441. The second-order valence-electron chi connectivity index (χ2n) is 11.3. The number of carbonyl (C=O) groups is 1. The second kappa shape index (κ2) is 15.2. The van der Waals surface area contributed by atoms with Crippen LogP contribution in [-0.2, 0) is 20.9 Å². The van der Waals surface area contributed by atoms with Crippen LogP contribution in [0.25, 0.3) is 11.1 Å². The number of carboxylic acid groups (broad SMARTS) is 1. The number of nitrogens with zero attached hydrogens (tertiary/aromatic N) is 3. The van der Waals surface area contributed by atoms with Crippen molar-refractivity contribution < 1.29 is 19.4 Å². The Labute approximate surface area is 254 Å². The van der Waals surface area contributed by atoms with Crippen LogP contribution in [0.15, 0.2) is 85.5 Å². The first-order chi connectivity index (χ1) is 20.6. The summed E-state index contributed by atoms with van der Waals surface area (Å²) in [6, 6.07) is 19.2. The van der Waals surface area contributed by atoms with E-state index in [4.69, 9.17) is 26.8 Å². The molecule has 2 aromatic carbocycles. The second-order valence-corrected chi connectivity index (χ2v) is 11.6. The lowest BCUT2D eigenvalue weighted by molar-refractivity contribution is -0.136. The van der Waals surface area contributed by atoms with Gasteiger partial charge in [0.2, 0.25) is 0 Å². The summed E-state index contributed by atoms with van der Waals surface area (Å²) in [6.45, 7) is 2.65. The highest BCUT2D eigenvalue weighted by Gasteiger charge is 2.48. The van der Waals surface area contributed by atoms with Gasteiger partial charge in [0.05, 0.1) is 18.8 Å². The van der Waals surface area contributed by atoms with Gasteiger partial charge in [0.15, 0.2) is 0 Å². The van der Waals surface area contributed by atoms with Gasteiger partial charge in [-0.25, -0.2) is 4.98 Å². The minimum Gasteiger partial charge on any atom is -0.481 e. The fourth-order valence-corrected chi connectivity index (χ4v) is 6.57. The number of thiocarbonyl (C=S) groups is 1. The molecule has 3 aromatic rings. The Balaban J connectivity index is 1.31. The number of likely N-dealkylation sites (tertiary alicyclic amines) is 1. The number of rotatable bonds is 12. The van der Waals surface area contributed by atoms with E-state index in [1.54, 1.807) is 17.1 Å². The summed E-state index contributed by atoms with van der Waals surface area (Å²) in [4.78, 5) is 17.6. The lowest BCUT2D eigenvalue weighted by Crippen LogP contribution is -2.49. The minimum atomic E-state index is -0.764. The summed E-state index contributed by atoms with van der Waals surface area (Å²) in [5.74, 6) is -0.494. The maximum absolute atomic E-state index is 10.9. The monoisotopic (exact) mass is 587 g/mol. The van der Waals surface area contributed by atoms with Crippen molar-refractivity contribution in [2.75, 3.05) is 13.1 Å². The summed E-state index contributed by atoms with van der Waals surface area (Å²) in [6.07, 6.45) is 16.2. The summed E-state index contributed by atoms with van der Waals surface area (Å²) in [7, 11) is 0. The van der Waals surface area contributed by atoms with Crippen LogP contribution in [0.2, 0.25) is 0 Å². The van der Waals surface area contributed by atoms with Crippen molar-refractivity contribution in [3.8, 4) is 11.1 Å². The van der Waals surface area contributed by atoms with Gasteiger partial charge in [0.25, 0.3) is 5.17 Å². The van der Waals surface area contributed by atoms with Crippen LogP contribution in [0.5, 0.6) is 0 Å². The molecule has 1 aliphatic heterocycles. The Hall–Kier alpha value is -3.33. The number of benzene rings is 2. The maximum atomic E-state index is 10.9. The molecule has 0 spiro atoms. The number of carboxylic acids is 1. The van der Waals surface area contributed by atoms with E-state index in [9.17, 15) is 4.79 Å². The lowest BCUT2D eigenvalue weighted by Gasteiger charge is -2.39. The largest absolute Gasteiger partial charge is 0.481 e. The van der Waals surface area contributed by atoms with Crippen LogP contribution in [0.3, 0.4) is 0 Å². The molecule has 2 heterocycles. The van der Waals surface area contributed by atoms with E-state index < -0.39 is 5.97 Å². The molecule has 2 fully saturated rings. The normalized spacial score (nSPS) is 22.9. The molecule has 1 aliphatic carbocycles. The minimum absolute atomic E-state index is 0.0220. The quantitative estimate of drug-likeness (QED) is 0.186. The Morgan fingerprint density at radius 2 is 1.71 bits per heavy atom. The molecule has 4 unspecified atom stereocenters. The highest BCUT2D eigenvalue weighted by Crippen LogP contribution is 2.39. The Bertz CT molecular complexity index is 1290. The van der Waals surface area contributed by atoms with E-state index in [1.165, 1.54) is 30.4 Å². The zero-order valence-electron chi connectivity index (χ0n) is 24.1. The average Bonchev–Trinajstić information content (AvgIpc) is 3.68. The van der Waals surface area contributed by atoms with Crippen molar-refractivity contribution in [3.05, 3.63) is 91.0 Å². The maximum Gasteiger partial charge on any atom is 0.303 e. The first-order valence-corrected chi connectivity index (χ1v) is 15.5. The lowest BCUT2D eigenvalue weighted by atomic mass is 9.92. The van der Waals surface area contributed by atoms with Gasteiger partial charge in [-0.3, -0.25) is 14.3 Å². The summed E-state index contributed by atoms with van der Waals surface area (Å²) >= 11 is 5.67. The zero-order valence-corrected chi connectivity index (χ0v) is 24.9. The highest BCUT2D eigenvalue weighted by atomic mass is 32.1. The number of piperidine rings is 1. The van der Waals surface area contributed by atoms with E-state index in [0.29, 0.717) is 18.2 Å². The first kappa shape index (κ1) is 30.1. The van der Waals surface area contributed by atoms with Gasteiger partial charge < -0.3 is 14.6 Å². The van der Waals surface area contributed by atoms with Crippen molar-refractivity contribution in [1.29, 1.82) is 0 Å². The van der Waals surface area contributed by atoms with Gasteiger partial charge in [-0.2, -0.15) is 0 Å². The van der Waals surface area contributed by atoms with Crippen LogP contribution in [0, 0.1) is 5.92 Å². The molecule has 0 radical (unpaired) electrons. The molecule has 4 atom stereocenters. The van der Waals surface area contributed by atoms with Gasteiger partial charge in [-0.05, 0) is 74.1 Å². The number of aliphatic carboxylic acids is 1. The molecule has 0 amide bonds. The van der Waals surface area contributed by atoms with Gasteiger partial charge in [0, 0.05) is 31.2 Å². The van der Waals surface area contributed by atoms with Crippen molar-refractivity contribution in [2.24, 2.45) is 5.92 Å². The van der Waals surface area contributed by atoms with Crippen molar-refractivity contribution in [3.63, 3.8) is 0 Å². The number of ether oxygens (including phenoxy) is 2. The molecule has 7 nitrogen and oxygen atoms in total. The van der Waals surface area contributed by atoms with Crippen LogP contribution in [0.4, 0.5) is 0 Å². The summed E-state index contributed by atoms with van der Waals surface area (Å²) < 4.78 is 15.0. The van der Waals surface area contributed by atoms with Crippen molar-refractivity contribution in [2.45, 2.75) is 76.2 Å². The number of aromatic nitrogens is 2. The highest BCUT2D eigenvalue weighted by molar-refractivity contribution is 7.80. The summed E-state index contributed by atoms with van der Waals surface area (Å²) in [5.41, 5.74) is 3.55. The topological polar surface area (TPSA) is 76.8 Å². The van der Waals surface area contributed by atoms with Crippen LogP contribution in [-0.4, -0.2) is 62.0 Å². The Kier molecular flexibility index (Phi) is 10.9. The van der Waals surface area contributed by atoms with Crippen molar-refractivity contribution in [1.82, 2.24) is 14.5 Å². The van der Waals surface area contributed by atoms with Gasteiger partial charge in [0.1, 0.15) is 12.4 Å². The van der Waals surface area contributed by atoms with E-state index in [1.807, 2.05) is 18.3 Å². The third-order valence-electron chi connectivity index (χ3n) is 8.42. The van der Waals surface area contributed by atoms with Gasteiger partial charge in [-0.1, -0.05) is 73.2 Å². The summed E-state index contributed by atoms with van der Waals surface area (Å²) in [5, 5.41) is 9.39. The van der Waals surface area contributed by atoms with Gasteiger partial charge >= 0.3 is 5.97 Å². The van der Waals surface area contributed by atoms with E-state index in [2.05, 4.69) is 64.5 Å². The predicted octanol–water partition coefficient (Wildman–Crippen LogP) is 6.73. The van der Waals surface area contributed by atoms with E-state index >= 15 is 0 Å². The zero-order chi connectivity index (χ0) is 29.1. The molecule has 1 aromatic heterocycles. The van der Waals surface area contributed by atoms with Crippen LogP contribution < -0.4 is 0 Å². The number of hydrogen-bond donors (Lipinski definition) is 1. The standard InChI is InChI=1S/C34H41N3O4S/c38-32(39)14-8-2-1-7-13-29-30(40-24-26-15-17-28(18-16-26)27-11-5-3-6-12-27)23-31(33(29)36-20-9-4-10-21-36)41-34(42)37-22-19-35-25-37/h1-3,5-6,11-12,15-19,22,25,29-31,33H,4,7-10,13-14,20-21,23-24H2,(H,38,39)/b2-1+. The fourth-order valence-electron chi connectivity index (χ4n) is 6.34. The Morgan fingerprint density at radius 1 is 0.976 bits per heavy atom. The SMILES string of the molecule is O=C(O)CC/C=C/CCC1C(OCc2ccc(-c3ccccc3)cc2)CC(OC(=S)n2ccnc2)C1N1CCCCC1. The van der Waals surface area contributed by atoms with E-state index in [-0.39, 0.29) is 30.6 Å². The average molecular weight is 588 g/mol. The van der Waals surface area contributed by atoms with E-state index in [0.717, 1.165) is 37.9 Å². The number of allylic oxidation sites excluding steroid dienone is 2. The third-order valence-corrected chi connectivity index (χ3v) is 8.73. The molecule has 222 valence electrons. The molecule has 8 heteroatoms. The smallest absolute Gasteiger partial charge is 0.303 e.